The highest BCUT2D eigenvalue weighted by molar-refractivity contribution is 7.91. The Kier molecular flexibility index (Phi) is 5.17. The Labute approximate surface area is 159 Å². The van der Waals surface area contributed by atoms with Crippen LogP contribution in [0.3, 0.4) is 0 Å². The molecule has 136 valence electrons. The van der Waals surface area contributed by atoms with Gasteiger partial charge in [0.1, 0.15) is 4.21 Å². The van der Waals surface area contributed by atoms with Gasteiger partial charge in [-0.05, 0) is 35.2 Å². The van der Waals surface area contributed by atoms with Crippen molar-refractivity contribution in [3.05, 3.63) is 46.3 Å². The zero-order chi connectivity index (χ0) is 18.2. The van der Waals surface area contributed by atoms with Gasteiger partial charge in [0.15, 0.2) is 0 Å². The van der Waals surface area contributed by atoms with E-state index in [4.69, 9.17) is 11.6 Å². The first-order chi connectivity index (χ1) is 11.7. The molecule has 25 heavy (non-hydrogen) atoms. The molecular formula is C18H23ClN2O2S2. The number of benzene rings is 1. The lowest BCUT2D eigenvalue weighted by molar-refractivity contribution is 0.386. The average Bonchev–Trinajstić information content (AvgIpc) is 3.02. The van der Waals surface area contributed by atoms with Crippen molar-refractivity contribution in [2.45, 2.75) is 30.4 Å². The second-order valence-corrected chi connectivity index (χ2v) is 11.1. The van der Waals surface area contributed by atoms with E-state index in [9.17, 15) is 8.42 Å². The van der Waals surface area contributed by atoms with Gasteiger partial charge in [-0.3, -0.25) is 0 Å². The summed E-state index contributed by atoms with van der Waals surface area (Å²) in [5, 5.41) is 0. The number of hydrogen-bond donors (Lipinski definition) is 0. The van der Waals surface area contributed by atoms with Crippen molar-refractivity contribution >= 4 is 38.6 Å². The Bertz CT molecular complexity index is 831. The first kappa shape index (κ1) is 18.7. The topological polar surface area (TPSA) is 40.6 Å². The summed E-state index contributed by atoms with van der Waals surface area (Å²) in [6, 6.07) is 11.8. The van der Waals surface area contributed by atoms with E-state index in [2.05, 4.69) is 49.9 Å². The van der Waals surface area contributed by atoms with Crippen LogP contribution < -0.4 is 4.90 Å². The highest BCUT2D eigenvalue weighted by Crippen LogP contribution is 2.30. The lowest BCUT2D eigenvalue weighted by atomic mass is 9.87. The van der Waals surface area contributed by atoms with Gasteiger partial charge in [-0.1, -0.05) is 44.5 Å². The number of sulfonamides is 1. The molecule has 2 heterocycles. The standard InChI is InChI=1S/C18H23ClN2O2S2/c1-18(2,3)14-4-6-15(7-5-14)20-10-12-21(13-11-20)25(22,23)17-9-8-16(19)24-17/h4-9H,10-13H2,1-3H3. The lowest BCUT2D eigenvalue weighted by Crippen LogP contribution is -2.48. The minimum absolute atomic E-state index is 0.132. The highest BCUT2D eigenvalue weighted by Gasteiger charge is 2.29. The number of anilines is 1. The zero-order valence-electron chi connectivity index (χ0n) is 14.7. The van der Waals surface area contributed by atoms with Gasteiger partial charge in [0.05, 0.1) is 4.34 Å². The summed E-state index contributed by atoms with van der Waals surface area (Å²) in [5.41, 5.74) is 2.57. The van der Waals surface area contributed by atoms with Crippen LogP contribution in [0.25, 0.3) is 0 Å². The maximum absolute atomic E-state index is 12.7. The van der Waals surface area contributed by atoms with E-state index in [1.165, 1.54) is 5.56 Å². The molecule has 1 aliphatic heterocycles. The van der Waals surface area contributed by atoms with E-state index >= 15 is 0 Å². The number of hydrogen-bond acceptors (Lipinski definition) is 4. The summed E-state index contributed by atoms with van der Waals surface area (Å²) in [4.78, 5) is 2.24. The third-order valence-corrected chi connectivity index (χ3v) is 8.08. The second-order valence-electron chi connectivity index (χ2n) is 7.25. The van der Waals surface area contributed by atoms with E-state index < -0.39 is 10.0 Å². The molecular weight excluding hydrogens is 376 g/mol. The minimum atomic E-state index is -3.43. The van der Waals surface area contributed by atoms with E-state index in [0.29, 0.717) is 34.7 Å². The molecule has 0 N–H and O–H groups in total. The molecule has 0 atom stereocenters. The lowest BCUT2D eigenvalue weighted by Gasteiger charge is -2.35. The van der Waals surface area contributed by atoms with Gasteiger partial charge in [0, 0.05) is 31.9 Å². The van der Waals surface area contributed by atoms with Crippen molar-refractivity contribution < 1.29 is 8.42 Å². The summed E-state index contributed by atoms with van der Waals surface area (Å²) in [6.07, 6.45) is 0. The summed E-state index contributed by atoms with van der Waals surface area (Å²) < 4.78 is 27.7. The Balaban J connectivity index is 1.68. The molecule has 1 aliphatic rings. The van der Waals surface area contributed by atoms with E-state index in [1.807, 2.05) is 0 Å². The molecule has 1 fully saturated rings. The highest BCUT2D eigenvalue weighted by atomic mass is 35.5. The van der Waals surface area contributed by atoms with Crippen LogP contribution in [0.1, 0.15) is 26.3 Å². The van der Waals surface area contributed by atoms with Gasteiger partial charge in [-0.15, -0.1) is 11.3 Å². The molecule has 1 aromatic carbocycles. The van der Waals surface area contributed by atoms with Crippen LogP contribution in [0.2, 0.25) is 4.34 Å². The van der Waals surface area contributed by atoms with Crippen molar-refractivity contribution in [3.63, 3.8) is 0 Å². The number of thiophene rings is 1. The van der Waals surface area contributed by atoms with Gasteiger partial charge in [0.25, 0.3) is 10.0 Å². The van der Waals surface area contributed by atoms with E-state index in [1.54, 1.807) is 16.4 Å². The molecule has 0 radical (unpaired) electrons. The number of halogens is 1. The normalized spacial score (nSPS) is 17.0. The summed E-state index contributed by atoms with van der Waals surface area (Å²) in [7, 11) is -3.43. The van der Waals surface area contributed by atoms with Crippen LogP contribution in [-0.2, 0) is 15.4 Å². The van der Waals surface area contributed by atoms with Crippen LogP contribution in [0.5, 0.6) is 0 Å². The molecule has 1 aromatic heterocycles. The summed E-state index contributed by atoms with van der Waals surface area (Å²) in [5.74, 6) is 0. The van der Waals surface area contributed by atoms with Gasteiger partial charge in [-0.2, -0.15) is 4.31 Å². The van der Waals surface area contributed by atoms with Crippen LogP contribution in [0.15, 0.2) is 40.6 Å². The monoisotopic (exact) mass is 398 g/mol. The predicted octanol–water partition coefficient (Wildman–Crippen LogP) is 4.21. The van der Waals surface area contributed by atoms with Gasteiger partial charge >= 0.3 is 0 Å². The Morgan fingerprint density at radius 2 is 1.56 bits per heavy atom. The first-order valence-electron chi connectivity index (χ1n) is 8.29. The van der Waals surface area contributed by atoms with Crippen molar-refractivity contribution in [3.8, 4) is 0 Å². The maximum atomic E-state index is 12.7. The van der Waals surface area contributed by atoms with Crippen molar-refractivity contribution in [2.75, 3.05) is 31.1 Å². The fraction of sp³-hybridized carbons (Fsp3) is 0.444. The molecule has 0 saturated carbocycles. The average molecular weight is 399 g/mol. The fourth-order valence-corrected chi connectivity index (χ4v) is 5.98. The third-order valence-electron chi connectivity index (χ3n) is 4.48. The summed E-state index contributed by atoms with van der Waals surface area (Å²) >= 11 is 6.99. The van der Waals surface area contributed by atoms with Crippen LogP contribution in [0, 0.1) is 0 Å². The second kappa shape index (κ2) is 6.91. The molecule has 7 heteroatoms. The predicted molar refractivity (Wildman–Crippen MR) is 105 cm³/mol. The van der Waals surface area contributed by atoms with E-state index in [0.717, 1.165) is 17.0 Å². The molecule has 0 unspecified atom stereocenters. The SMILES string of the molecule is CC(C)(C)c1ccc(N2CCN(S(=O)(=O)c3ccc(Cl)s3)CC2)cc1. The molecule has 1 saturated heterocycles. The van der Waals surface area contributed by atoms with Crippen LogP contribution in [0.4, 0.5) is 5.69 Å². The molecule has 0 bridgehead atoms. The molecule has 0 amide bonds. The Morgan fingerprint density at radius 1 is 0.960 bits per heavy atom. The van der Waals surface area contributed by atoms with Gasteiger partial charge < -0.3 is 4.90 Å². The maximum Gasteiger partial charge on any atom is 0.252 e. The quantitative estimate of drug-likeness (QED) is 0.777. The summed E-state index contributed by atoms with van der Waals surface area (Å²) in [6.45, 7) is 8.94. The van der Waals surface area contributed by atoms with E-state index in [-0.39, 0.29) is 5.41 Å². The fourth-order valence-electron chi connectivity index (χ4n) is 2.92. The molecule has 2 aromatic rings. The molecule has 0 spiro atoms. The minimum Gasteiger partial charge on any atom is -0.369 e. The Morgan fingerprint density at radius 3 is 2.04 bits per heavy atom. The zero-order valence-corrected chi connectivity index (χ0v) is 17.1. The molecule has 4 nitrogen and oxygen atoms in total. The van der Waals surface area contributed by atoms with Gasteiger partial charge in [0.2, 0.25) is 0 Å². The molecule has 3 rings (SSSR count). The third kappa shape index (κ3) is 4.03. The number of rotatable bonds is 3. The van der Waals surface area contributed by atoms with Crippen molar-refractivity contribution in [2.24, 2.45) is 0 Å². The number of nitrogens with zero attached hydrogens (tertiary/aromatic N) is 2. The first-order valence-corrected chi connectivity index (χ1v) is 10.9. The molecule has 0 aliphatic carbocycles. The van der Waals surface area contributed by atoms with Crippen LogP contribution in [-0.4, -0.2) is 38.9 Å². The Hall–Kier alpha value is -1.08. The van der Waals surface area contributed by atoms with Crippen molar-refractivity contribution in [1.82, 2.24) is 4.31 Å². The largest absolute Gasteiger partial charge is 0.369 e. The van der Waals surface area contributed by atoms with Gasteiger partial charge in [-0.25, -0.2) is 8.42 Å². The van der Waals surface area contributed by atoms with Crippen molar-refractivity contribution in [1.29, 1.82) is 0 Å². The van der Waals surface area contributed by atoms with Crippen LogP contribution >= 0.6 is 22.9 Å². The number of piperazine rings is 1. The smallest absolute Gasteiger partial charge is 0.252 e.